The van der Waals surface area contributed by atoms with Gasteiger partial charge in [-0.15, -0.1) is 0 Å². The van der Waals surface area contributed by atoms with Crippen LogP contribution in [0.15, 0.2) is 42.7 Å². The van der Waals surface area contributed by atoms with Crippen molar-refractivity contribution < 1.29 is 4.79 Å². The normalized spacial score (nSPS) is 16.4. The number of aromatic nitrogens is 3. The molecule has 1 aliphatic heterocycles. The molecule has 28 heavy (non-hydrogen) atoms. The number of likely N-dealkylation sites (tertiary alicyclic amines) is 1. The molecule has 1 fully saturated rings. The Morgan fingerprint density at radius 1 is 1.18 bits per heavy atom. The SMILES string of the molecule is CC(C)(C)N1CCC(NC(=O)c2n[nH]c3ccc(-c4cccnc4)cc23)CC1. The van der Waals surface area contributed by atoms with Crippen molar-refractivity contribution in [2.45, 2.75) is 45.2 Å². The van der Waals surface area contributed by atoms with E-state index in [1.165, 1.54) is 0 Å². The Morgan fingerprint density at radius 3 is 2.64 bits per heavy atom. The molecule has 6 heteroatoms. The van der Waals surface area contributed by atoms with Gasteiger partial charge in [-0.3, -0.25) is 19.8 Å². The monoisotopic (exact) mass is 377 g/mol. The van der Waals surface area contributed by atoms with Gasteiger partial charge in [-0.05, 0) is 57.4 Å². The molecule has 0 saturated carbocycles. The lowest BCUT2D eigenvalue weighted by Crippen LogP contribution is -2.50. The fourth-order valence-corrected chi connectivity index (χ4v) is 3.85. The van der Waals surface area contributed by atoms with E-state index in [1.54, 1.807) is 6.20 Å². The second-order valence-electron chi connectivity index (χ2n) is 8.48. The number of carbonyl (C=O) groups is 1. The van der Waals surface area contributed by atoms with Crippen LogP contribution in [0.2, 0.25) is 0 Å². The van der Waals surface area contributed by atoms with E-state index >= 15 is 0 Å². The molecule has 0 bridgehead atoms. The molecule has 0 spiro atoms. The van der Waals surface area contributed by atoms with Crippen LogP contribution in [0.5, 0.6) is 0 Å². The number of nitrogens with one attached hydrogen (secondary N) is 2. The Labute approximate surface area is 165 Å². The highest BCUT2D eigenvalue weighted by Crippen LogP contribution is 2.25. The van der Waals surface area contributed by atoms with Crippen LogP contribution in [-0.4, -0.2) is 50.7 Å². The zero-order valence-electron chi connectivity index (χ0n) is 16.7. The van der Waals surface area contributed by atoms with Gasteiger partial charge in [0, 0.05) is 48.0 Å². The molecular weight excluding hydrogens is 350 g/mol. The van der Waals surface area contributed by atoms with Gasteiger partial charge in [-0.1, -0.05) is 12.1 Å². The maximum Gasteiger partial charge on any atom is 0.272 e. The molecule has 1 saturated heterocycles. The van der Waals surface area contributed by atoms with Crippen molar-refractivity contribution in [3.8, 4) is 11.1 Å². The molecule has 3 heterocycles. The van der Waals surface area contributed by atoms with Gasteiger partial charge in [0.2, 0.25) is 0 Å². The number of H-pyrrole nitrogens is 1. The minimum Gasteiger partial charge on any atom is -0.348 e. The van der Waals surface area contributed by atoms with Gasteiger partial charge in [-0.2, -0.15) is 5.10 Å². The summed E-state index contributed by atoms with van der Waals surface area (Å²) in [5, 5.41) is 11.3. The van der Waals surface area contributed by atoms with Gasteiger partial charge in [-0.25, -0.2) is 0 Å². The standard InChI is InChI=1S/C22H27N5O/c1-22(2,3)27-11-8-17(9-12-27)24-21(28)20-18-13-15(6-7-19(18)25-26-20)16-5-4-10-23-14-16/h4-7,10,13-14,17H,8-9,11-12H2,1-3H3,(H,24,28)(H,25,26). The van der Waals surface area contributed by atoms with E-state index in [1.807, 2.05) is 36.5 Å². The van der Waals surface area contributed by atoms with Gasteiger partial charge >= 0.3 is 0 Å². The molecule has 3 aromatic rings. The fourth-order valence-electron chi connectivity index (χ4n) is 3.85. The van der Waals surface area contributed by atoms with Crippen LogP contribution in [0.4, 0.5) is 0 Å². The third-order valence-electron chi connectivity index (χ3n) is 5.55. The van der Waals surface area contributed by atoms with E-state index in [9.17, 15) is 4.79 Å². The van der Waals surface area contributed by atoms with Crippen molar-refractivity contribution >= 4 is 16.8 Å². The first kappa shape index (κ1) is 18.6. The summed E-state index contributed by atoms with van der Waals surface area (Å²) in [5.41, 5.74) is 3.54. The largest absolute Gasteiger partial charge is 0.348 e. The number of rotatable bonds is 3. The second kappa shape index (κ2) is 7.36. The molecule has 1 aliphatic rings. The highest BCUT2D eigenvalue weighted by Gasteiger charge is 2.28. The molecule has 146 valence electrons. The summed E-state index contributed by atoms with van der Waals surface area (Å²) in [6.07, 6.45) is 5.51. The Balaban J connectivity index is 1.50. The minimum absolute atomic E-state index is 0.108. The lowest BCUT2D eigenvalue weighted by atomic mass is 9.98. The number of hydrogen-bond acceptors (Lipinski definition) is 4. The Bertz CT molecular complexity index is 966. The summed E-state index contributed by atoms with van der Waals surface area (Å²) < 4.78 is 0. The zero-order chi connectivity index (χ0) is 19.7. The maximum absolute atomic E-state index is 12.9. The summed E-state index contributed by atoms with van der Waals surface area (Å²) in [4.78, 5) is 19.5. The van der Waals surface area contributed by atoms with Crippen LogP contribution in [0.1, 0.15) is 44.1 Å². The van der Waals surface area contributed by atoms with E-state index < -0.39 is 0 Å². The van der Waals surface area contributed by atoms with Gasteiger partial charge < -0.3 is 5.32 Å². The number of piperidine rings is 1. The summed E-state index contributed by atoms with van der Waals surface area (Å²) in [6.45, 7) is 8.71. The highest BCUT2D eigenvalue weighted by molar-refractivity contribution is 6.05. The predicted molar refractivity (Wildman–Crippen MR) is 111 cm³/mol. The number of benzene rings is 1. The molecule has 0 unspecified atom stereocenters. The maximum atomic E-state index is 12.9. The number of fused-ring (bicyclic) bond motifs is 1. The molecule has 1 amide bonds. The van der Waals surface area contributed by atoms with E-state index in [0.29, 0.717) is 5.69 Å². The molecule has 2 aromatic heterocycles. The Hall–Kier alpha value is -2.73. The number of pyridine rings is 1. The van der Waals surface area contributed by atoms with Crippen LogP contribution in [0.3, 0.4) is 0 Å². The number of nitrogens with zero attached hydrogens (tertiary/aromatic N) is 3. The summed E-state index contributed by atoms with van der Waals surface area (Å²) >= 11 is 0. The first-order chi connectivity index (χ1) is 13.4. The van der Waals surface area contributed by atoms with Crippen LogP contribution >= 0.6 is 0 Å². The second-order valence-corrected chi connectivity index (χ2v) is 8.48. The predicted octanol–water partition coefficient (Wildman–Crippen LogP) is 3.62. The summed E-state index contributed by atoms with van der Waals surface area (Å²) in [6, 6.07) is 10.1. The van der Waals surface area contributed by atoms with Crippen LogP contribution in [0, 0.1) is 0 Å². The third-order valence-corrected chi connectivity index (χ3v) is 5.55. The van der Waals surface area contributed by atoms with E-state index in [0.717, 1.165) is 48.0 Å². The van der Waals surface area contributed by atoms with Crippen molar-refractivity contribution in [1.29, 1.82) is 0 Å². The number of amides is 1. The molecule has 4 rings (SSSR count). The van der Waals surface area contributed by atoms with Crippen molar-refractivity contribution in [2.24, 2.45) is 0 Å². The first-order valence-corrected chi connectivity index (χ1v) is 9.86. The molecular formula is C22H27N5O. The quantitative estimate of drug-likeness (QED) is 0.731. The Kier molecular flexibility index (Phi) is 4.89. The highest BCUT2D eigenvalue weighted by atomic mass is 16.2. The zero-order valence-corrected chi connectivity index (χ0v) is 16.7. The number of aromatic amines is 1. The van der Waals surface area contributed by atoms with Crippen molar-refractivity contribution in [1.82, 2.24) is 25.4 Å². The molecule has 0 atom stereocenters. The first-order valence-electron chi connectivity index (χ1n) is 9.86. The molecule has 0 radical (unpaired) electrons. The number of hydrogen-bond donors (Lipinski definition) is 2. The van der Waals surface area contributed by atoms with Crippen LogP contribution < -0.4 is 5.32 Å². The van der Waals surface area contributed by atoms with Crippen molar-refractivity contribution in [3.05, 3.63) is 48.4 Å². The van der Waals surface area contributed by atoms with E-state index in [-0.39, 0.29) is 17.5 Å². The fraction of sp³-hybridized carbons (Fsp3) is 0.409. The van der Waals surface area contributed by atoms with E-state index in [4.69, 9.17) is 0 Å². The molecule has 0 aliphatic carbocycles. The van der Waals surface area contributed by atoms with Crippen molar-refractivity contribution in [3.63, 3.8) is 0 Å². The third kappa shape index (κ3) is 3.78. The van der Waals surface area contributed by atoms with E-state index in [2.05, 4.69) is 46.2 Å². The molecule has 6 nitrogen and oxygen atoms in total. The smallest absolute Gasteiger partial charge is 0.272 e. The lowest BCUT2D eigenvalue weighted by molar-refractivity contribution is 0.0810. The lowest BCUT2D eigenvalue weighted by Gasteiger charge is -2.40. The average Bonchev–Trinajstić information content (AvgIpc) is 3.12. The number of carbonyl (C=O) groups excluding carboxylic acids is 1. The molecule has 1 aromatic carbocycles. The minimum atomic E-state index is -0.108. The topological polar surface area (TPSA) is 73.9 Å². The Morgan fingerprint density at radius 2 is 1.96 bits per heavy atom. The summed E-state index contributed by atoms with van der Waals surface area (Å²) in [5.74, 6) is -0.108. The van der Waals surface area contributed by atoms with Crippen molar-refractivity contribution in [2.75, 3.05) is 13.1 Å². The average molecular weight is 377 g/mol. The van der Waals surface area contributed by atoms with Crippen LogP contribution in [0.25, 0.3) is 22.0 Å². The van der Waals surface area contributed by atoms with Crippen LogP contribution in [-0.2, 0) is 0 Å². The van der Waals surface area contributed by atoms with Gasteiger partial charge in [0.1, 0.15) is 0 Å². The van der Waals surface area contributed by atoms with Gasteiger partial charge in [0.15, 0.2) is 5.69 Å². The van der Waals surface area contributed by atoms with Gasteiger partial charge in [0.05, 0.1) is 5.52 Å². The summed E-state index contributed by atoms with van der Waals surface area (Å²) in [7, 11) is 0. The van der Waals surface area contributed by atoms with Gasteiger partial charge in [0.25, 0.3) is 5.91 Å². The molecule has 2 N–H and O–H groups in total.